The minimum atomic E-state index is -0.436. The summed E-state index contributed by atoms with van der Waals surface area (Å²) in [5.74, 6) is 0.640. The van der Waals surface area contributed by atoms with Crippen LogP contribution < -0.4 is 9.64 Å². The van der Waals surface area contributed by atoms with Crippen molar-refractivity contribution in [3.05, 3.63) is 119 Å². The highest BCUT2D eigenvalue weighted by Gasteiger charge is 2.21. The number of benzene rings is 4. The molecule has 1 aliphatic heterocycles. The van der Waals surface area contributed by atoms with E-state index in [-0.39, 0.29) is 0 Å². The van der Waals surface area contributed by atoms with E-state index >= 15 is 0 Å². The number of aromatic nitrogens is 1. The van der Waals surface area contributed by atoms with Gasteiger partial charge in [-0.1, -0.05) is 54.1 Å². The van der Waals surface area contributed by atoms with Crippen LogP contribution in [0.2, 0.25) is 5.02 Å². The first-order chi connectivity index (χ1) is 20.1. The van der Waals surface area contributed by atoms with Gasteiger partial charge in [0.25, 0.3) is 0 Å². The molecule has 0 unspecified atom stereocenters. The lowest BCUT2D eigenvalue weighted by Crippen LogP contribution is -2.46. The highest BCUT2D eigenvalue weighted by Crippen LogP contribution is 2.33. The molecule has 41 heavy (non-hydrogen) atoms. The molecule has 206 valence electrons. The third kappa shape index (κ3) is 6.04. The standard InChI is InChI=1S/C34H30ClN3O3/c1-40-34(39)31-15-13-28(21-33(31)41-29-14-10-25-6-4-16-36-32(25)22-29)38-19-17-37(18-20-38)23-26-5-2-3-7-30(26)24-8-11-27(35)12-9-24/h2-16,21-22H,17-20,23H2,1H3. The van der Waals surface area contributed by atoms with Crippen molar-refractivity contribution in [2.24, 2.45) is 0 Å². The van der Waals surface area contributed by atoms with Crippen molar-refractivity contribution in [3.63, 3.8) is 0 Å². The van der Waals surface area contributed by atoms with Crippen LogP contribution in [0.15, 0.2) is 103 Å². The molecule has 1 aliphatic rings. The fraction of sp³-hybridized carbons (Fsp3) is 0.176. The largest absolute Gasteiger partial charge is 0.465 e. The number of pyridine rings is 1. The van der Waals surface area contributed by atoms with Gasteiger partial charge in [-0.25, -0.2) is 4.79 Å². The summed E-state index contributed by atoms with van der Waals surface area (Å²) in [5.41, 5.74) is 5.92. The number of anilines is 1. The van der Waals surface area contributed by atoms with Crippen LogP contribution in [-0.4, -0.2) is 49.1 Å². The van der Waals surface area contributed by atoms with Crippen LogP contribution in [0.1, 0.15) is 15.9 Å². The van der Waals surface area contributed by atoms with E-state index in [1.54, 1.807) is 12.3 Å². The summed E-state index contributed by atoms with van der Waals surface area (Å²) < 4.78 is 11.3. The van der Waals surface area contributed by atoms with Gasteiger partial charge in [-0.05, 0) is 59.2 Å². The fourth-order valence-corrected chi connectivity index (χ4v) is 5.41. The van der Waals surface area contributed by atoms with Gasteiger partial charge in [0, 0.05) is 67.1 Å². The van der Waals surface area contributed by atoms with E-state index in [0.29, 0.717) is 17.1 Å². The fourth-order valence-electron chi connectivity index (χ4n) is 5.28. The van der Waals surface area contributed by atoms with Crippen LogP contribution in [0.5, 0.6) is 11.5 Å². The normalized spacial score (nSPS) is 13.8. The maximum Gasteiger partial charge on any atom is 0.341 e. The van der Waals surface area contributed by atoms with Gasteiger partial charge in [-0.3, -0.25) is 9.88 Å². The number of hydrogen-bond donors (Lipinski definition) is 0. The average molecular weight is 564 g/mol. The van der Waals surface area contributed by atoms with Crippen LogP contribution in [0.3, 0.4) is 0 Å². The highest BCUT2D eigenvalue weighted by atomic mass is 35.5. The minimum absolute atomic E-state index is 0.384. The molecule has 4 aromatic carbocycles. The van der Waals surface area contributed by atoms with Crippen LogP contribution in [0, 0.1) is 0 Å². The molecular formula is C34H30ClN3O3. The lowest BCUT2D eigenvalue weighted by molar-refractivity contribution is 0.0598. The van der Waals surface area contributed by atoms with E-state index in [0.717, 1.165) is 54.3 Å². The number of piperazine rings is 1. The predicted molar refractivity (Wildman–Crippen MR) is 164 cm³/mol. The van der Waals surface area contributed by atoms with Crippen molar-refractivity contribution in [2.75, 3.05) is 38.2 Å². The second-order valence-electron chi connectivity index (χ2n) is 10.1. The molecule has 1 fully saturated rings. The smallest absolute Gasteiger partial charge is 0.341 e. The Morgan fingerprint density at radius 2 is 1.68 bits per heavy atom. The molecule has 0 N–H and O–H groups in total. The number of fused-ring (bicyclic) bond motifs is 1. The Labute approximate surface area is 244 Å². The van der Waals surface area contributed by atoms with Gasteiger partial charge in [-0.2, -0.15) is 0 Å². The first-order valence-corrected chi connectivity index (χ1v) is 14.0. The molecule has 6 nitrogen and oxygen atoms in total. The maximum absolute atomic E-state index is 12.5. The second kappa shape index (κ2) is 12.0. The van der Waals surface area contributed by atoms with Crippen molar-refractivity contribution in [1.82, 2.24) is 9.88 Å². The molecule has 0 atom stereocenters. The Hall–Kier alpha value is -4.39. The Kier molecular flexibility index (Phi) is 7.85. The lowest BCUT2D eigenvalue weighted by atomic mass is 9.99. The van der Waals surface area contributed by atoms with Crippen LogP contribution in [-0.2, 0) is 11.3 Å². The summed E-state index contributed by atoms with van der Waals surface area (Å²) >= 11 is 6.12. The SMILES string of the molecule is COC(=O)c1ccc(N2CCN(Cc3ccccc3-c3ccc(Cl)cc3)CC2)cc1Oc1ccc2cccnc2c1. The molecule has 5 aromatic rings. The first kappa shape index (κ1) is 26.8. The first-order valence-electron chi connectivity index (χ1n) is 13.6. The topological polar surface area (TPSA) is 54.9 Å². The number of methoxy groups -OCH3 is 1. The molecule has 2 heterocycles. The van der Waals surface area contributed by atoms with E-state index in [1.807, 2.05) is 54.6 Å². The van der Waals surface area contributed by atoms with E-state index in [4.69, 9.17) is 21.1 Å². The van der Waals surface area contributed by atoms with Gasteiger partial charge >= 0.3 is 5.97 Å². The van der Waals surface area contributed by atoms with E-state index in [9.17, 15) is 4.79 Å². The summed E-state index contributed by atoms with van der Waals surface area (Å²) in [6, 6.07) is 31.9. The van der Waals surface area contributed by atoms with Gasteiger partial charge in [0.05, 0.1) is 12.6 Å². The summed E-state index contributed by atoms with van der Waals surface area (Å²) in [7, 11) is 1.38. The number of nitrogens with zero attached hydrogens (tertiary/aromatic N) is 3. The Balaban J connectivity index is 1.17. The van der Waals surface area contributed by atoms with Crippen LogP contribution in [0.25, 0.3) is 22.0 Å². The van der Waals surface area contributed by atoms with Gasteiger partial charge < -0.3 is 14.4 Å². The molecular weight excluding hydrogens is 534 g/mol. The molecule has 0 radical (unpaired) electrons. The van der Waals surface area contributed by atoms with Gasteiger partial charge in [-0.15, -0.1) is 0 Å². The van der Waals surface area contributed by atoms with E-state index < -0.39 is 5.97 Å². The molecule has 1 aromatic heterocycles. The van der Waals surface area contributed by atoms with Crippen molar-refractivity contribution >= 4 is 34.2 Å². The number of halogens is 1. The summed E-state index contributed by atoms with van der Waals surface area (Å²) in [4.78, 5) is 21.8. The van der Waals surface area contributed by atoms with Crippen LogP contribution in [0.4, 0.5) is 5.69 Å². The molecule has 0 bridgehead atoms. The predicted octanol–water partition coefficient (Wildman–Crippen LogP) is 7.46. The zero-order valence-electron chi connectivity index (χ0n) is 22.8. The molecule has 0 amide bonds. The van der Waals surface area contributed by atoms with Gasteiger partial charge in [0.15, 0.2) is 0 Å². The van der Waals surface area contributed by atoms with Gasteiger partial charge in [0.1, 0.15) is 17.1 Å². The average Bonchev–Trinajstić information content (AvgIpc) is 3.02. The number of esters is 1. The monoisotopic (exact) mass is 563 g/mol. The van der Waals surface area contributed by atoms with Crippen molar-refractivity contribution in [3.8, 4) is 22.6 Å². The second-order valence-corrected chi connectivity index (χ2v) is 10.5. The molecule has 1 saturated heterocycles. The van der Waals surface area contributed by atoms with Crippen LogP contribution >= 0.6 is 11.6 Å². The molecule has 0 aliphatic carbocycles. The minimum Gasteiger partial charge on any atom is -0.465 e. The summed E-state index contributed by atoms with van der Waals surface area (Å²) in [5, 5.41) is 1.76. The van der Waals surface area contributed by atoms with Crippen molar-refractivity contribution < 1.29 is 14.3 Å². The third-order valence-electron chi connectivity index (χ3n) is 7.48. The van der Waals surface area contributed by atoms with Gasteiger partial charge in [0.2, 0.25) is 0 Å². The lowest BCUT2D eigenvalue weighted by Gasteiger charge is -2.36. The number of carbonyl (C=O) groups is 1. The van der Waals surface area contributed by atoms with Crippen molar-refractivity contribution in [1.29, 1.82) is 0 Å². The number of hydrogen-bond acceptors (Lipinski definition) is 6. The molecule has 7 heteroatoms. The summed E-state index contributed by atoms with van der Waals surface area (Å²) in [6.07, 6.45) is 1.75. The Bertz CT molecular complexity index is 1680. The number of rotatable bonds is 7. The zero-order valence-corrected chi connectivity index (χ0v) is 23.6. The molecule has 6 rings (SSSR count). The molecule has 0 saturated carbocycles. The summed E-state index contributed by atoms with van der Waals surface area (Å²) in [6.45, 7) is 4.43. The Morgan fingerprint density at radius 1 is 0.878 bits per heavy atom. The maximum atomic E-state index is 12.5. The Morgan fingerprint density at radius 3 is 2.49 bits per heavy atom. The number of ether oxygens (including phenoxy) is 2. The number of carbonyl (C=O) groups excluding carboxylic acids is 1. The zero-order chi connectivity index (χ0) is 28.2. The third-order valence-corrected chi connectivity index (χ3v) is 7.73. The van der Waals surface area contributed by atoms with E-state index in [2.05, 4.69) is 51.2 Å². The highest BCUT2D eigenvalue weighted by molar-refractivity contribution is 6.30. The molecule has 0 spiro atoms. The van der Waals surface area contributed by atoms with Crippen molar-refractivity contribution in [2.45, 2.75) is 6.54 Å². The van der Waals surface area contributed by atoms with E-state index in [1.165, 1.54) is 23.8 Å². The quantitative estimate of drug-likeness (QED) is 0.192.